The number of nitriles is 1. The molecule has 2 aromatic rings. The predicted octanol–water partition coefficient (Wildman–Crippen LogP) is 2.14. The third-order valence-corrected chi connectivity index (χ3v) is 3.13. The monoisotopic (exact) mass is 313 g/mol. The van der Waals surface area contributed by atoms with Gasteiger partial charge in [0.2, 0.25) is 0 Å². The Balaban J connectivity index is 1.95. The van der Waals surface area contributed by atoms with Crippen molar-refractivity contribution in [3.8, 4) is 11.8 Å². The highest BCUT2D eigenvalue weighted by Gasteiger charge is 2.13. The molecular weight excluding hydrogens is 294 g/mol. The number of aromatic nitrogens is 1. The first-order chi connectivity index (χ1) is 11.0. The van der Waals surface area contributed by atoms with Gasteiger partial charge in [-0.05, 0) is 37.6 Å². The summed E-state index contributed by atoms with van der Waals surface area (Å²) in [6, 6.07) is 10.5. The van der Waals surface area contributed by atoms with Gasteiger partial charge in [0.25, 0.3) is 5.91 Å². The lowest BCUT2D eigenvalue weighted by molar-refractivity contribution is 0.0912. The maximum Gasteiger partial charge on any atom is 0.267 e. The minimum atomic E-state index is -0.847. The number of aromatic amines is 1. The first-order valence-electron chi connectivity index (χ1n) is 7.31. The normalized spacial score (nSPS) is 11.8. The van der Waals surface area contributed by atoms with Crippen molar-refractivity contribution in [1.82, 2.24) is 10.3 Å². The van der Waals surface area contributed by atoms with Crippen molar-refractivity contribution in [3.63, 3.8) is 0 Å². The predicted molar refractivity (Wildman–Crippen MR) is 85.0 cm³/mol. The van der Waals surface area contributed by atoms with E-state index >= 15 is 0 Å². The lowest BCUT2D eigenvalue weighted by Gasteiger charge is -2.15. The molecule has 0 fully saturated rings. The molecule has 0 aliphatic carbocycles. The molecule has 2 rings (SSSR count). The average molecular weight is 313 g/mol. The fraction of sp³-hybridized carbons (Fsp3) is 0.294. The molecule has 6 heteroatoms. The molecule has 0 saturated heterocycles. The molecular formula is C17H19N3O3. The van der Waals surface area contributed by atoms with Crippen LogP contribution in [0.2, 0.25) is 0 Å². The number of H-pyrrole nitrogens is 1. The standard InChI is InChI=1S/C17H19N3O3/c1-11(2)23-14-5-3-4-13(7-14)16(21)10-20-17(22)15-6-12(8-18)9-19-15/h3-7,9,11,16,19,21H,10H2,1-2H3,(H,20,22). The van der Waals surface area contributed by atoms with Gasteiger partial charge in [-0.15, -0.1) is 0 Å². The Bertz CT molecular complexity index is 716. The number of carbonyl (C=O) groups excluding carboxylic acids is 1. The van der Waals surface area contributed by atoms with E-state index in [4.69, 9.17) is 10.00 Å². The largest absolute Gasteiger partial charge is 0.491 e. The van der Waals surface area contributed by atoms with E-state index in [1.807, 2.05) is 26.0 Å². The molecule has 1 aromatic carbocycles. The van der Waals surface area contributed by atoms with Crippen LogP contribution in [-0.4, -0.2) is 28.6 Å². The Hall–Kier alpha value is -2.78. The number of amides is 1. The fourth-order valence-electron chi connectivity index (χ4n) is 2.06. The van der Waals surface area contributed by atoms with E-state index in [-0.39, 0.29) is 24.2 Å². The van der Waals surface area contributed by atoms with Gasteiger partial charge in [-0.2, -0.15) is 5.26 Å². The second-order valence-corrected chi connectivity index (χ2v) is 5.38. The number of aliphatic hydroxyl groups excluding tert-OH is 1. The summed E-state index contributed by atoms with van der Waals surface area (Å²) in [5, 5.41) is 21.6. The lowest BCUT2D eigenvalue weighted by Crippen LogP contribution is -2.28. The highest BCUT2D eigenvalue weighted by atomic mass is 16.5. The number of aliphatic hydroxyl groups is 1. The van der Waals surface area contributed by atoms with Gasteiger partial charge in [-0.25, -0.2) is 0 Å². The maximum absolute atomic E-state index is 11.9. The van der Waals surface area contributed by atoms with E-state index in [0.717, 1.165) is 0 Å². The molecule has 0 spiro atoms. The van der Waals surface area contributed by atoms with Crippen molar-refractivity contribution in [2.24, 2.45) is 0 Å². The molecule has 1 atom stereocenters. The number of nitrogens with one attached hydrogen (secondary N) is 2. The Kier molecular flexibility index (Phi) is 5.39. The summed E-state index contributed by atoms with van der Waals surface area (Å²) in [6.07, 6.45) is 0.655. The van der Waals surface area contributed by atoms with E-state index in [1.165, 1.54) is 12.3 Å². The Morgan fingerprint density at radius 3 is 2.87 bits per heavy atom. The third kappa shape index (κ3) is 4.59. The first kappa shape index (κ1) is 16.6. The SMILES string of the molecule is CC(C)Oc1cccc(C(O)CNC(=O)c2cc(C#N)c[nH]2)c1. The smallest absolute Gasteiger partial charge is 0.267 e. The van der Waals surface area contributed by atoms with Crippen molar-refractivity contribution in [2.45, 2.75) is 26.1 Å². The summed E-state index contributed by atoms with van der Waals surface area (Å²) in [5.74, 6) is 0.297. The Morgan fingerprint density at radius 1 is 1.43 bits per heavy atom. The summed E-state index contributed by atoms with van der Waals surface area (Å²) in [4.78, 5) is 14.6. The second-order valence-electron chi connectivity index (χ2n) is 5.38. The van der Waals surface area contributed by atoms with Crippen LogP contribution in [0.3, 0.4) is 0 Å². The zero-order chi connectivity index (χ0) is 16.8. The van der Waals surface area contributed by atoms with Crippen LogP contribution in [0.1, 0.15) is 41.6 Å². The van der Waals surface area contributed by atoms with E-state index in [0.29, 0.717) is 16.9 Å². The molecule has 1 heterocycles. The molecule has 0 saturated carbocycles. The van der Waals surface area contributed by atoms with Crippen LogP contribution in [0.25, 0.3) is 0 Å². The van der Waals surface area contributed by atoms with Crippen LogP contribution < -0.4 is 10.1 Å². The molecule has 23 heavy (non-hydrogen) atoms. The highest BCUT2D eigenvalue weighted by molar-refractivity contribution is 5.92. The number of carbonyl (C=O) groups is 1. The molecule has 0 radical (unpaired) electrons. The number of benzene rings is 1. The van der Waals surface area contributed by atoms with Gasteiger partial charge in [0.1, 0.15) is 17.5 Å². The van der Waals surface area contributed by atoms with Gasteiger partial charge in [0.05, 0.1) is 17.8 Å². The highest BCUT2D eigenvalue weighted by Crippen LogP contribution is 2.20. The van der Waals surface area contributed by atoms with Crippen molar-refractivity contribution >= 4 is 5.91 Å². The van der Waals surface area contributed by atoms with Crippen LogP contribution in [-0.2, 0) is 0 Å². The van der Waals surface area contributed by atoms with Crippen LogP contribution in [0.5, 0.6) is 5.75 Å². The van der Waals surface area contributed by atoms with Gasteiger partial charge in [-0.3, -0.25) is 4.79 Å². The minimum absolute atomic E-state index is 0.0457. The number of ether oxygens (including phenoxy) is 1. The van der Waals surface area contributed by atoms with Crippen molar-refractivity contribution in [1.29, 1.82) is 5.26 Å². The molecule has 1 unspecified atom stereocenters. The molecule has 1 amide bonds. The van der Waals surface area contributed by atoms with E-state index in [9.17, 15) is 9.90 Å². The number of hydrogen-bond donors (Lipinski definition) is 3. The zero-order valence-electron chi connectivity index (χ0n) is 13.0. The zero-order valence-corrected chi connectivity index (χ0v) is 13.0. The Labute approximate surface area is 134 Å². The molecule has 3 N–H and O–H groups in total. The van der Waals surface area contributed by atoms with Gasteiger partial charge < -0.3 is 20.1 Å². The number of hydrogen-bond acceptors (Lipinski definition) is 4. The molecule has 6 nitrogen and oxygen atoms in total. The van der Waals surface area contributed by atoms with Crippen molar-refractivity contribution in [2.75, 3.05) is 6.54 Å². The average Bonchev–Trinajstić information content (AvgIpc) is 3.01. The number of rotatable bonds is 6. The molecule has 0 bridgehead atoms. The lowest BCUT2D eigenvalue weighted by atomic mass is 10.1. The molecule has 0 aliphatic heterocycles. The molecule has 0 aliphatic rings. The van der Waals surface area contributed by atoms with Gasteiger partial charge in [0, 0.05) is 12.7 Å². The van der Waals surface area contributed by atoms with Crippen molar-refractivity contribution in [3.05, 3.63) is 53.3 Å². The first-order valence-corrected chi connectivity index (χ1v) is 7.31. The van der Waals surface area contributed by atoms with Crippen LogP contribution >= 0.6 is 0 Å². The third-order valence-electron chi connectivity index (χ3n) is 3.13. The van der Waals surface area contributed by atoms with Crippen LogP contribution in [0.4, 0.5) is 0 Å². The van der Waals surface area contributed by atoms with Crippen LogP contribution in [0.15, 0.2) is 36.5 Å². The molecule has 120 valence electrons. The summed E-state index contributed by atoms with van der Waals surface area (Å²) in [5.41, 5.74) is 1.33. The van der Waals surface area contributed by atoms with E-state index < -0.39 is 6.10 Å². The fourth-order valence-corrected chi connectivity index (χ4v) is 2.06. The van der Waals surface area contributed by atoms with Gasteiger partial charge in [0.15, 0.2) is 0 Å². The summed E-state index contributed by atoms with van der Waals surface area (Å²) in [7, 11) is 0. The van der Waals surface area contributed by atoms with Crippen molar-refractivity contribution < 1.29 is 14.6 Å². The van der Waals surface area contributed by atoms with Crippen LogP contribution in [0, 0.1) is 11.3 Å². The second kappa shape index (κ2) is 7.47. The topological polar surface area (TPSA) is 98.1 Å². The summed E-state index contributed by atoms with van der Waals surface area (Å²) < 4.78 is 5.58. The molecule has 1 aromatic heterocycles. The van der Waals surface area contributed by atoms with E-state index in [1.54, 1.807) is 18.2 Å². The quantitative estimate of drug-likeness (QED) is 0.761. The minimum Gasteiger partial charge on any atom is -0.491 e. The van der Waals surface area contributed by atoms with E-state index in [2.05, 4.69) is 10.3 Å². The summed E-state index contributed by atoms with van der Waals surface area (Å²) >= 11 is 0. The van der Waals surface area contributed by atoms with Gasteiger partial charge in [-0.1, -0.05) is 12.1 Å². The van der Waals surface area contributed by atoms with Gasteiger partial charge >= 0.3 is 0 Å². The Morgan fingerprint density at radius 2 is 2.22 bits per heavy atom. The number of nitrogens with zero attached hydrogens (tertiary/aromatic N) is 1. The summed E-state index contributed by atoms with van der Waals surface area (Å²) in [6.45, 7) is 3.91. The maximum atomic E-state index is 11.9.